The lowest BCUT2D eigenvalue weighted by atomic mass is 10.1. The Kier molecular flexibility index (Phi) is 7.07. The molecular weight excluding hydrogens is 541 g/mol. The predicted molar refractivity (Wildman–Crippen MR) is 138 cm³/mol. The molecule has 0 fully saturated rings. The third kappa shape index (κ3) is 5.01. The highest BCUT2D eigenvalue weighted by Gasteiger charge is 2.39. The van der Waals surface area contributed by atoms with E-state index in [2.05, 4.69) is 26.6 Å². The van der Waals surface area contributed by atoms with E-state index < -0.39 is 11.8 Å². The summed E-state index contributed by atoms with van der Waals surface area (Å²) in [4.78, 5) is 39.0. The van der Waals surface area contributed by atoms with Gasteiger partial charge in [0.05, 0.1) is 12.1 Å². The Labute approximate surface area is 214 Å². The van der Waals surface area contributed by atoms with Crippen molar-refractivity contribution in [1.82, 2.24) is 0 Å². The average Bonchev–Trinajstić information content (AvgIpc) is 3.02. The minimum atomic E-state index is -0.624. The fourth-order valence-corrected chi connectivity index (χ4v) is 4.09. The Bertz CT molecular complexity index is 1320. The van der Waals surface area contributed by atoms with Crippen LogP contribution in [0.1, 0.15) is 11.1 Å². The molecule has 34 heavy (non-hydrogen) atoms. The molecule has 1 aliphatic rings. The normalized spacial score (nSPS) is 13.5. The molecule has 9 heteroatoms. The number of rotatable bonds is 6. The maximum absolute atomic E-state index is 13.0. The number of nitrogens with one attached hydrogen (secondary N) is 2. The Hall–Kier alpha value is -3.13. The van der Waals surface area contributed by atoms with Crippen LogP contribution < -0.4 is 15.5 Å². The molecule has 3 aromatic rings. The van der Waals surface area contributed by atoms with Gasteiger partial charge in [0.2, 0.25) is 5.91 Å². The van der Waals surface area contributed by atoms with Crippen molar-refractivity contribution in [3.8, 4) is 0 Å². The summed E-state index contributed by atoms with van der Waals surface area (Å²) >= 11 is 15.7. The van der Waals surface area contributed by atoms with Crippen LogP contribution in [0.25, 0.3) is 0 Å². The van der Waals surface area contributed by atoms with E-state index in [9.17, 15) is 14.4 Å². The number of carbonyl (C=O) groups excluding carboxylic acids is 3. The average molecular weight is 559 g/mol. The molecule has 172 valence electrons. The van der Waals surface area contributed by atoms with Gasteiger partial charge >= 0.3 is 0 Å². The molecule has 1 aliphatic heterocycles. The smallest absolute Gasteiger partial charge is 0.283 e. The molecule has 0 saturated heterocycles. The molecule has 2 N–H and O–H groups in total. The third-order valence-corrected chi connectivity index (χ3v) is 6.51. The van der Waals surface area contributed by atoms with Crippen molar-refractivity contribution >= 4 is 73.9 Å². The van der Waals surface area contributed by atoms with Crippen LogP contribution in [-0.2, 0) is 20.8 Å². The number of carbonyl (C=O) groups is 3. The second-order valence-electron chi connectivity index (χ2n) is 7.57. The first-order valence-electron chi connectivity index (χ1n) is 10.2. The molecule has 0 atom stereocenters. The van der Waals surface area contributed by atoms with Crippen molar-refractivity contribution in [2.24, 2.45) is 0 Å². The molecule has 6 nitrogen and oxygen atoms in total. The van der Waals surface area contributed by atoms with Crippen LogP contribution in [0.3, 0.4) is 0 Å². The molecule has 0 unspecified atom stereocenters. The lowest BCUT2D eigenvalue weighted by molar-refractivity contribution is -0.120. The molecular formula is C25H18BrCl2N3O3. The number of hydrogen-bond donors (Lipinski definition) is 2. The monoisotopic (exact) mass is 557 g/mol. The molecule has 4 rings (SSSR count). The summed E-state index contributed by atoms with van der Waals surface area (Å²) in [6, 6.07) is 19.2. The minimum Gasteiger partial charge on any atom is -0.350 e. The van der Waals surface area contributed by atoms with E-state index >= 15 is 0 Å². The predicted octanol–water partition coefficient (Wildman–Crippen LogP) is 6.03. The van der Waals surface area contributed by atoms with Crippen LogP contribution >= 0.6 is 39.1 Å². The van der Waals surface area contributed by atoms with E-state index in [-0.39, 0.29) is 23.1 Å². The minimum absolute atomic E-state index is 0.0215. The van der Waals surface area contributed by atoms with Crippen molar-refractivity contribution in [2.75, 3.05) is 15.5 Å². The molecule has 0 radical (unpaired) electrons. The molecule has 0 aliphatic carbocycles. The highest BCUT2D eigenvalue weighted by atomic mass is 79.9. The molecule has 3 aromatic carbocycles. The maximum atomic E-state index is 13.0. The summed E-state index contributed by atoms with van der Waals surface area (Å²) in [5.41, 5.74) is 3.00. The largest absolute Gasteiger partial charge is 0.350 e. The van der Waals surface area contributed by atoms with Crippen LogP contribution in [-0.4, -0.2) is 17.7 Å². The van der Waals surface area contributed by atoms with Gasteiger partial charge in [-0.1, -0.05) is 57.3 Å². The van der Waals surface area contributed by atoms with E-state index in [4.69, 9.17) is 23.2 Å². The lowest BCUT2D eigenvalue weighted by Crippen LogP contribution is -2.32. The number of benzene rings is 3. The van der Waals surface area contributed by atoms with Crippen molar-refractivity contribution in [2.45, 2.75) is 13.3 Å². The topological polar surface area (TPSA) is 78.5 Å². The van der Waals surface area contributed by atoms with Crippen LogP contribution in [0.4, 0.5) is 17.1 Å². The molecule has 0 spiro atoms. The van der Waals surface area contributed by atoms with Gasteiger partial charge in [-0.15, -0.1) is 0 Å². The zero-order valence-corrected chi connectivity index (χ0v) is 21.0. The van der Waals surface area contributed by atoms with Gasteiger partial charge in [0.15, 0.2) is 0 Å². The van der Waals surface area contributed by atoms with Gasteiger partial charge in [-0.25, -0.2) is 4.90 Å². The third-order valence-electron chi connectivity index (χ3n) is 5.22. The summed E-state index contributed by atoms with van der Waals surface area (Å²) < 4.78 is 0.928. The van der Waals surface area contributed by atoms with Crippen LogP contribution in [0.5, 0.6) is 0 Å². The number of imide groups is 1. The summed E-state index contributed by atoms with van der Waals surface area (Å²) in [5.74, 6) is -1.35. The summed E-state index contributed by atoms with van der Waals surface area (Å²) in [6.07, 6.45) is 0.180. The molecule has 3 amide bonds. The van der Waals surface area contributed by atoms with E-state index in [0.717, 1.165) is 14.9 Å². The number of anilines is 3. The highest BCUT2D eigenvalue weighted by molar-refractivity contribution is 9.10. The van der Waals surface area contributed by atoms with E-state index in [1.54, 1.807) is 61.5 Å². The van der Waals surface area contributed by atoms with Crippen molar-refractivity contribution < 1.29 is 14.4 Å². The number of hydrogen-bond acceptors (Lipinski definition) is 4. The van der Waals surface area contributed by atoms with Gasteiger partial charge in [-0.3, -0.25) is 14.4 Å². The van der Waals surface area contributed by atoms with Gasteiger partial charge in [0.1, 0.15) is 10.7 Å². The second-order valence-corrected chi connectivity index (χ2v) is 9.27. The van der Waals surface area contributed by atoms with Gasteiger partial charge in [-0.05, 0) is 66.6 Å². The number of amides is 3. The van der Waals surface area contributed by atoms with Crippen LogP contribution in [0.15, 0.2) is 81.9 Å². The highest BCUT2D eigenvalue weighted by Crippen LogP contribution is 2.34. The molecule has 0 bridgehead atoms. The van der Waals surface area contributed by atoms with E-state index in [1.807, 2.05) is 12.1 Å². The van der Waals surface area contributed by atoms with E-state index in [0.29, 0.717) is 27.6 Å². The zero-order valence-electron chi connectivity index (χ0n) is 17.9. The Morgan fingerprint density at radius 2 is 1.56 bits per heavy atom. The SMILES string of the molecule is Cc1c(Cl)cccc1N1C(=O)C(Cl)=C(Nc2ccc(CC(=O)Nc3ccc(Br)cc3)cc2)C1=O. The summed E-state index contributed by atoms with van der Waals surface area (Å²) in [6.45, 7) is 1.73. The first kappa shape index (κ1) is 24.0. The zero-order chi connectivity index (χ0) is 24.4. The van der Waals surface area contributed by atoms with Gasteiger partial charge in [-0.2, -0.15) is 0 Å². The second kappa shape index (κ2) is 10.0. The Morgan fingerprint density at radius 3 is 2.24 bits per heavy atom. The Balaban J connectivity index is 1.44. The van der Waals surface area contributed by atoms with Gasteiger partial charge in [0.25, 0.3) is 11.8 Å². The van der Waals surface area contributed by atoms with Crippen molar-refractivity contribution in [3.63, 3.8) is 0 Å². The maximum Gasteiger partial charge on any atom is 0.283 e. The molecule has 0 saturated carbocycles. The van der Waals surface area contributed by atoms with Crippen LogP contribution in [0, 0.1) is 6.92 Å². The van der Waals surface area contributed by atoms with Gasteiger partial charge in [0, 0.05) is 20.9 Å². The molecule has 0 aromatic heterocycles. The lowest BCUT2D eigenvalue weighted by Gasteiger charge is -2.18. The number of nitrogens with zero attached hydrogens (tertiary/aromatic N) is 1. The molecule has 1 heterocycles. The first-order valence-corrected chi connectivity index (χ1v) is 11.7. The standard InChI is InChI=1S/C25H18BrCl2N3O3/c1-14-19(27)3-2-4-20(14)31-24(33)22(28)23(25(31)34)30-18-9-5-15(6-10-18)13-21(32)29-17-11-7-16(26)8-12-17/h2-12,30H,13H2,1H3,(H,29,32). The summed E-state index contributed by atoms with van der Waals surface area (Å²) in [5, 5.41) is 6.00. The Morgan fingerprint density at radius 1 is 0.912 bits per heavy atom. The number of halogens is 3. The first-order chi connectivity index (χ1) is 16.2. The van der Waals surface area contributed by atoms with Crippen molar-refractivity contribution in [3.05, 3.63) is 98.1 Å². The van der Waals surface area contributed by atoms with Gasteiger partial charge < -0.3 is 10.6 Å². The van der Waals surface area contributed by atoms with Crippen LogP contribution in [0.2, 0.25) is 5.02 Å². The van der Waals surface area contributed by atoms with Crippen molar-refractivity contribution in [1.29, 1.82) is 0 Å². The van der Waals surface area contributed by atoms with E-state index in [1.165, 1.54) is 0 Å². The fourth-order valence-electron chi connectivity index (χ4n) is 3.44. The summed E-state index contributed by atoms with van der Waals surface area (Å²) in [7, 11) is 0. The quantitative estimate of drug-likeness (QED) is 0.362. The fraction of sp³-hybridized carbons (Fsp3) is 0.0800.